The van der Waals surface area contributed by atoms with Gasteiger partial charge in [0, 0.05) is 19.1 Å². The minimum atomic E-state index is -1.83. The van der Waals surface area contributed by atoms with E-state index in [4.69, 9.17) is 9.53 Å². The number of hydrogen-bond donors (Lipinski definition) is 2. The van der Waals surface area contributed by atoms with Crippen molar-refractivity contribution in [3.05, 3.63) is 0 Å². The molecule has 1 fully saturated rings. The molecule has 2 N–H and O–H groups in total. The summed E-state index contributed by atoms with van der Waals surface area (Å²) in [5, 5.41) is 18.9. The van der Waals surface area contributed by atoms with Crippen molar-refractivity contribution < 1.29 is 19.4 Å². The van der Waals surface area contributed by atoms with E-state index in [1.54, 1.807) is 0 Å². The highest BCUT2D eigenvalue weighted by molar-refractivity contribution is 6.74. The van der Waals surface area contributed by atoms with Gasteiger partial charge in [-0.2, -0.15) is 0 Å². The van der Waals surface area contributed by atoms with E-state index in [2.05, 4.69) is 33.9 Å². The van der Waals surface area contributed by atoms with Gasteiger partial charge in [-0.05, 0) is 18.1 Å². The van der Waals surface area contributed by atoms with Gasteiger partial charge in [0.15, 0.2) is 8.32 Å². The third kappa shape index (κ3) is 3.46. The predicted molar refractivity (Wildman–Crippen MR) is 72.2 cm³/mol. The first-order chi connectivity index (χ1) is 8.04. The lowest BCUT2D eigenvalue weighted by Crippen LogP contribution is -2.43. The molecular formula is C12H25NO4Si. The molecule has 6 heteroatoms. The zero-order valence-electron chi connectivity index (χ0n) is 11.9. The molecule has 1 heterocycles. The zero-order valence-corrected chi connectivity index (χ0v) is 12.9. The van der Waals surface area contributed by atoms with E-state index < -0.39 is 20.5 Å². The lowest BCUT2D eigenvalue weighted by atomic mass is 10.1. The molecule has 1 aliphatic rings. The van der Waals surface area contributed by atoms with Crippen LogP contribution < -0.4 is 0 Å². The van der Waals surface area contributed by atoms with E-state index in [1.165, 1.54) is 4.90 Å². The van der Waals surface area contributed by atoms with Gasteiger partial charge in [-0.15, -0.1) is 0 Å². The van der Waals surface area contributed by atoms with Crippen molar-refractivity contribution in [1.82, 2.24) is 4.90 Å². The normalized spacial score (nSPS) is 25.6. The van der Waals surface area contributed by atoms with Gasteiger partial charge >= 0.3 is 6.09 Å². The van der Waals surface area contributed by atoms with Crippen LogP contribution >= 0.6 is 0 Å². The average molecular weight is 275 g/mol. The van der Waals surface area contributed by atoms with Crippen LogP contribution in [0.15, 0.2) is 0 Å². The quantitative estimate of drug-likeness (QED) is 0.773. The van der Waals surface area contributed by atoms with Crippen molar-refractivity contribution in [3.8, 4) is 0 Å². The molecule has 0 spiro atoms. The van der Waals surface area contributed by atoms with Crippen molar-refractivity contribution in [2.75, 3.05) is 19.7 Å². The number of aliphatic hydroxyl groups is 1. The van der Waals surface area contributed by atoms with Crippen LogP contribution in [-0.4, -0.2) is 55.3 Å². The Morgan fingerprint density at radius 2 is 1.94 bits per heavy atom. The van der Waals surface area contributed by atoms with Crippen molar-refractivity contribution in [2.24, 2.45) is 5.92 Å². The van der Waals surface area contributed by atoms with E-state index in [0.717, 1.165) is 0 Å². The Morgan fingerprint density at radius 3 is 2.33 bits per heavy atom. The molecule has 1 aliphatic heterocycles. The first-order valence-corrected chi connectivity index (χ1v) is 9.25. The molecule has 0 aromatic rings. The molecule has 0 unspecified atom stereocenters. The van der Waals surface area contributed by atoms with E-state index >= 15 is 0 Å². The number of amides is 1. The second-order valence-electron chi connectivity index (χ2n) is 6.59. The minimum Gasteiger partial charge on any atom is -0.465 e. The standard InChI is InChI=1S/C12H25NO4Si/c1-12(2,3)18(4,5)17-8-9-6-13(11(15)16)7-10(9)14/h9-10,14H,6-8H2,1-5H3,(H,15,16)/t9-,10+/m1/s1. The molecule has 1 amide bonds. The Bertz CT molecular complexity index is 314. The molecular weight excluding hydrogens is 250 g/mol. The Morgan fingerprint density at radius 1 is 1.39 bits per heavy atom. The van der Waals surface area contributed by atoms with Crippen molar-refractivity contribution in [3.63, 3.8) is 0 Å². The highest BCUT2D eigenvalue weighted by Crippen LogP contribution is 2.37. The zero-order chi connectivity index (χ0) is 14.1. The molecule has 2 atom stereocenters. The van der Waals surface area contributed by atoms with Crippen molar-refractivity contribution in [2.45, 2.75) is 45.0 Å². The van der Waals surface area contributed by atoms with E-state index in [9.17, 15) is 9.90 Å². The Labute approximate surface area is 110 Å². The van der Waals surface area contributed by atoms with Crippen molar-refractivity contribution in [1.29, 1.82) is 0 Å². The third-order valence-corrected chi connectivity index (χ3v) is 8.64. The summed E-state index contributed by atoms with van der Waals surface area (Å²) in [5.41, 5.74) is 0. The van der Waals surface area contributed by atoms with Crippen LogP contribution in [0.3, 0.4) is 0 Å². The fraction of sp³-hybridized carbons (Fsp3) is 0.917. The maximum absolute atomic E-state index is 10.8. The van der Waals surface area contributed by atoms with Crippen LogP contribution in [0.5, 0.6) is 0 Å². The van der Waals surface area contributed by atoms with Crippen LogP contribution in [0.25, 0.3) is 0 Å². The number of β-amino-alcohol motifs (C(OH)–C–C–N with tert-alkyl or cyclic N) is 1. The molecule has 0 saturated carbocycles. The van der Waals surface area contributed by atoms with Crippen LogP contribution in [0.1, 0.15) is 20.8 Å². The van der Waals surface area contributed by atoms with E-state index in [-0.39, 0.29) is 17.5 Å². The molecule has 1 saturated heterocycles. The van der Waals surface area contributed by atoms with Gasteiger partial charge in [0.05, 0.1) is 12.6 Å². The van der Waals surface area contributed by atoms with E-state index in [0.29, 0.717) is 13.2 Å². The summed E-state index contributed by atoms with van der Waals surface area (Å²) >= 11 is 0. The van der Waals surface area contributed by atoms with Gasteiger partial charge in [0.2, 0.25) is 0 Å². The SMILES string of the molecule is CC(C)(C)[Si](C)(C)OC[C@H]1CN(C(=O)O)C[C@@H]1O. The van der Waals surface area contributed by atoms with Gasteiger partial charge in [-0.25, -0.2) is 4.79 Å². The Balaban J connectivity index is 2.52. The number of carboxylic acid groups (broad SMARTS) is 1. The number of nitrogens with zero attached hydrogens (tertiary/aromatic N) is 1. The molecule has 18 heavy (non-hydrogen) atoms. The number of rotatable bonds is 3. The molecule has 0 aliphatic carbocycles. The van der Waals surface area contributed by atoms with E-state index in [1.807, 2.05) is 0 Å². The van der Waals surface area contributed by atoms with Crippen LogP contribution in [0.2, 0.25) is 18.1 Å². The summed E-state index contributed by atoms with van der Waals surface area (Å²) in [4.78, 5) is 12.1. The third-order valence-electron chi connectivity index (χ3n) is 4.14. The maximum Gasteiger partial charge on any atom is 0.407 e. The summed E-state index contributed by atoms with van der Waals surface area (Å²) < 4.78 is 6.04. The van der Waals surface area contributed by atoms with Crippen LogP contribution in [-0.2, 0) is 4.43 Å². The Hall–Kier alpha value is -0.593. The lowest BCUT2D eigenvalue weighted by molar-refractivity contribution is 0.105. The molecule has 0 aromatic heterocycles. The molecule has 0 radical (unpaired) electrons. The van der Waals surface area contributed by atoms with Gasteiger partial charge in [0.1, 0.15) is 0 Å². The molecule has 106 valence electrons. The highest BCUT2D eigenvalue weighted by atomic mass is 28.4. The van der Waals surface area contributed by atoms with Gasteiger partial charge in [0.25, 0.3) is 0 Å². The number of carbonyl (C=O) groups is 1. The summed E-state index contributed by atoms with van der Waals surface area (Å²) in [6.07, 6.45) is -1.57. The Kier molecular flexibility index (Phi) is 4.45. The van der Waals surface area contributed by atoms with Crippen molar-refractivity contribution >= 4 is 14.4 Å². The highest BCUT2D eigenvalue weighted by Gasteiger charge is 2.40. The summed E-state index contributed by atoms with van der Waals surface area (Å²) in [7, 11) is -1.83. The summed E-state index contributed by atoms with van der Waals surface area (Å²) in [6, 6.07) is 0. The van der Waals surface area contributed by atoms with Gasteiger partial charge in [-0.1, -0.05) is 20.8 Å². The van der Waals surface area contributed by atoms with Crippen LogP contribution in [0.4, 0.5) is 4.79 Å². The monoisotopic (exact) mass is 275 g/mol. The first-order valence-electron chi connectivity index (χ1n) is 6.34. The molecule has 1 rings (SSSR count). The lowest BCUT2D eigenvalue weighted by Gasteiger charge is -2.37. The first kappa shape index (κ1) is 15.5. The summed E-state index contributed by atoms with van der Waals surface area (Å²) in [6.45, 7) is 11.8. The summed E-state index contributed by atoms with van der Waals surface area (Å²) in [5.74, 6) is -0.102. The molecule has 5 nitrogen and oxygen atoms in total. The maximum atomic E-state index is 10.8. The topological polar surface area (TPSA) is 70.0 Å². The second-order valence-corrected chi connectivity index (χ2v) is 11.4. The van der Waals surface area contributed by atoms with Gasteiger partial charge < -0.3 is 19.5 Å². The second kappa shape index (κ2) is 5.18. The smallest absolute Gasteiger partial charge is 0.407 e. The predicted octanol–water partition coefficient (Wildman–Crippen LogP) is 1.98. The number of hydrogen-bond acceptors (Lipinski definition) is 3. The van der Waals surface area contributed by atoms with Gasteiger partial charge in [-0.3, -0.25) is 0 Å². The average Bonchev–Trinajstić information content (AvgIpc) is 2.55. The fourth-order valence-corrected chi connectivity index (χ4v) is 2.77. The largest absolute Gasteiger partial charge is 0.465 e. The molecule has 0 aromatic carbocycles. The minimum absolute atomic E-state index is 0.102. The fourth-order valence-electron chi connectivity index (χ4n) is 1.71. The number of aliphatic hydroxyl groups excluding tert-OH is 1. The van der Waals surface area contributed by atoms with Crippen LogP contribution in [0, 0.1) is 5.92 Å². The molecule has 0 bridgehead atoms. The number of likely N-dealkylation sites (tertiary alicyclic amines) is 1.